The van der Waals surface area contributed by atoms with Crippen LogP contribution in [0.2, 0.25) is 0 Å². The molecule has 0 heterocycles. The topological polar surface area (TPSA) is 30.5 Å². The number of benzene rings is 1. The van der Waals surface area contributed by atoms with Gasteiger partial charge in [0.25, 0.3) is 0 Å². The summed E-state index contributed by atoms with van der Waals surface area (Å²) < 4.78 is 11.1. The Morgan fingerprint density at radius 2 is 1.71 bits per heavy atom. The summed E-state index contributed by atoms with van der Waals surface area (Å²) in [6, 6.07) is 8.73. The maximum Gasteiger partial charge on any atom is 0.0716 e. The van der Waals surface area contributed by atoms with Crippen molar-refractivity contribution in [3.63, 3.8) is 0 Å². The zero-order valence-electron chi connectivity index (χ0n) is 14.1. The number of methoxy groups -OCH3 is 1. The molecule has 3 heteroatoms. The summed E-state index contributed by atoms with van der Waals surface area (Å²) >= 11 is 0. The molecule has 0 aliphatic rings. The smallest absolute Gasteiger partial charge is 0.0716 e. The Bertz CT molecular complexity index is 373. The molecule has 0 radical (unpaired) electrons. The molecule has 0 aliphatic carbocycles. The van der Waals surface area contributed by atoms with Crippen molar-refractivity contribution in [2.24, 2.45) is 0 Å². The summed E-state index contributed by atoms with van der Waals surface area (Å²) in [5.74, 6) is 0. The molecule has 0 amide bonds. The van der Waals surface area contributed by atoms with Crippen LogP contribution in [0.1, 0.15) is 44.7 Å². The van der Waals surface area contributed by atoms with Crippen molar-refractivity contribution in [3.8, 4) is 0 Å². The van der Waals surface area contributed by atoms with Crippen molar-refractivity contribution in [3.05, 3.63) is 35.4 Å². The minimum atomic E-state index is -0.102. The highest BCUT2D eigenvalue weighted by molar-refractivity contribution is 5.22. The summed E-state index contributed by atoms with van der Waals surface area (Å²) in [5, 5.41) is 3.42. The van der Waals surface area contributed by atoms with Gasteiger partial charge < -0.3 is 14.8 Å². The van der Waals surface area contributed by atoms with Crippen molar-refractivity contribution in [2.75, 3.05) is 26.8 Å². The van der Waals surface area contributed by atoms with E-state index in [2.05, 4.69) is 50.4 Å². The second kappa shape index (κ2) is 9.93. The molecule has 0 atom stereocenters. The lowest BCUT2D eigenvalue weighted by Crippen LogP contribution is -2.24. The molecule has 21 heavy (non-hydrogen) atoms. The average molecular weight is 293 g/mol. The van der Waals surface area contributed by atoms with Crippen molar-refractivity contribution < 1.29 is 9.47 Å². The second-order valence-electron chi connectivity index (χ2n) is 6.08. The van der Waals surface area contributed by atoms with Gasteiger partial charge in [0.1, 0.15) is 0 Å². The molecule has 1 rings (SSSR count). The van der Waals surface area contributed by atoms with Crippen LogP contribution in [-0.4, -0.2) is 32.4 Å². The Morgan fingerprint density at radius 1 is 1.05 bits per heavy atom. The van der Waals surface area contributed by atoms with E-state index in [1.54, 1.807) is 7.11 Å². The molecule has 0 aromatic heterocycles. The maximum absolute atomic E-state index is 5.72. The van der Waals surface area contributed by atoms with Crippen molar-refractivity contribution in [2.45, 2.75) is 52.2 Å². The van der Waals surface area contributed by atoms with Crippen LogP contribution in [0.3, 0.4) is 0 Å². The lowest BCUT2D eigenvalue weighted by atomic mass is 10.1. The van der Waals surface area contributed by atoms with Gasteiger partial charge in [-0.25, -0.2) is 0 Å². The molecule has 0 bridgehead atoms. The molecule has 1 aromatic rings. The normalized spacial score (nSPS) is 11.8. The van der Waals surface area contributed by atoms with Gasteiger partial charge in [0, 0.05) is 13.7 Å². The van der Waals surface area contributed by atoms with Crippen LogP contribution in [0.15, 0.2) is 24.3 Å². The third-order valence-corrected chi connectivity index (χ3v) is 3.71. The van der Waals surface area contributed by atoms with Crippen LogP contribution in [0, 0.1) is 0 Å². The maximum atomic E-state index is 5.72. The van der Waals surface area contributed by atoms with Gasteiger partial charge in [0.15, 0.2) is 0 Å². The SMILES string of the molecule is CCCNCCc1ccc(COCCC(C)(C)OC)cc1. The van der Waals surface area contributed by atoms with Crippen molar-refractivity contribution >= 4 is 0 Å². The Hall–Kier alpha value is -0.900. The standard InChI is InChI=1S/C18H31NO2/c1-5-12-19-13-10-16-6-8-17(9-7-16)15-21-14-11-18(2,3)20-4/h6-9,19H,5,10-15H2,1-4H3. The molecule has 0 aliphatic heterocycles. The van der Waals surface area contributed by atoms with E-state index in [0.29, 0.717) is 6.61 Å². The van der Waals surface area contributed by atoms with E-state index in [1.165, 1.54) is 17.5 Å². The molecular weight excluding hydrogens is 262 g/mol. The monoisotopic (exact) mass is 293 g/mol. The molecular formula is C18H31NO2. The van der Waals surface area contributed by atoms with Gasteiger partial charge in [0.05, 0.1) is 12.2 Å². The lowest BCUT2D eigenvalue weighted by molar-refractivity contribution is -0.0124. The van der Waals surface area contributed by atoms with E-state index in [0.717, 1.165) is 32.5 Å². The van der Waals surface area contributed by atoms with Gasteiger partial charge in [-0.3, -0.25) is 0 Å². The number of hydrogen-bond donors (Lipinski definition) is 1. The largest absolute Gasteiger partial charge is 0.379 e. The highest BCUT2D eigenvalue weighted by Gasteiger charge is 2.15. The van der Waals surface area contributed by atoms with Crippen molar-refractivity contribution in [1.82, 2.24) is 5.32 Å². The van der Waals surface area contributed by atoms with Gasteiger partial charge in [-0.15, -0.1) is 0 Å². The molecule has 1 N–H and O–H groups in total. The van der Waals surface area contributed by atoms with E-state index in [1.807, 2.05) is 0 Å². The van der Waals surface area contributed by atoms with E-state index in [9.17, 15) is 0 Å². The summed E-state index contributed by atoms with van der Waals surface area (Å²) in [7, 11) is 1.74. The third kappa shape index (κ3) is 8.20. The van der Waals surface area contributed by atoms with Gasteiger partial charge in [-0.05, 0) is 57.3 Å². The van der Waals surface area contributed by atoms with E-state index >= 15 is 0 Å². The molecule has 1 aromatic carbocycles. The fraction of sp³-hybridized carbons (Fsp3) is 0.667. The number of nitrogens with one attached hydrogen (secondary N) is 1. The number of hydrogen-bond acceptors (Lipinski definition) is 3. The lowest BCUT2D eigenvalue weighted by Gasteiger charge is -2.22. The van der Waals surface area contributed by atoms with Crippen LogP contribution in [0.5, 0.6) is 0 Å². The molecule has 0 unspecified atom stereocenters. The Morgan fingerprint density at radius 3 is 2.33 bits per heavy atom. The minimum absolute atomic E-state index is 0.102. The van der Waals surface area contributed by atoms with Crippen LogP contribution in [0.4, 0.5) is 0 Å². The predicted octanol–water partition coefficient (Wildman–Crippen LogP) is 3.56. The Kier molecular flexibility index (Phi) is 8.58. The van der Waals surface area contributed by atoms with Gasteiger partial charge in [-0.1, -0.05) is 31.2 Å². The Labute approximate surface area is 130 Å². The molecule has 0 saturated carbocycles. The second-order valence-corrected chi connectivity index (χ2v) is 6.08. The first-order chi connectivity index (χ1) is 10.1. The predicted molar refractivity (Wildman–Crippen MR) is 88.7 cm³/mol. The van der Waals surface area contributed by atoms with Gasteiger partial charge >= 0.3 is 0 Å². The fourth-order valence-corrected chi connectivity index (χ4v) is 1.95. The van der Waals surface area contributed by atoms with E-state index < -0.39 is 0 Å². The van der Waals surface area contributed by atoms with Gasteiger partial charge in [0.2, 0.25) is 0 Å². The van der Waals surface area contributed by atoms with E-state index in [4.69, 9.17) is 9.47 Å². The summed E-state index contributed by atoms with van der Waals surface area (Å²) in [6.07, 6.45) is 3.18. The zero-order valence-corrected chi connectivity index (χ0v) is 14.1. The Balaban J connectivity index is 2.22. The average Bonchev–Trinajstić information content (AvgIpc) is 2.49. The van der Waals surface area contributed by atoms with Gasteiger partial charge in [-0.2, -0.15) is 0 Å². The zero-order chi connectivity index (χ0) is 15.6. The number of rotatable bonds is 11. The quantitative estimate of drug-likeness (QED) is 0.633. The highest BCUT2D eigenvalue weighted by atomic mass is 16.5. The molecule has 120 valence electrons. The summed E-state index contributed by atoms with van der Waals surface area (Å²) in [4.78, 5) is 0. The first-order valence-electron chi connectivity index (χ1n) is 7.99. The highest BCUT2D eigenvalue weighted by Crippen LogP contribution is 2.13. The molecule has 3 nitrogen and oxygen atoms in total. The molecule has 0 fully saturated rings. The van der Waals surface area contributed by atoms with Crippen LogP contribution in [0.25, 0.3) is 0 Å². The number of ether oxygens (including phenoxy) is 2. The van der Waals surface area contributed by atoms with Crippen LogP contribution < -0.4 is 5.32 Å². The summed E-state index contributed by atoms with van der Waals surface area (Å²) in [5.41, 5.74) is 2.51. The fourth-order valence-electron chi connectivity index (χ4n) is 1.95. The van der Waals surface area contributed by atoms with Crippen LogP contribution >= 0.6 is 0 Å². The van der Waals surface area contributed by atoms with E-state index in [-0.39, 0.29) is 5.60 Å². The minimum Gasteiger partial charge on any atom is -0.379 e. The first kappa shape index (κ1) is 18.1. The molecule has 0 spiro atoms. The first-order valence-corrected chi connectivity index (χ1v) is 7.99. The van der Waals surface area contributed by atoms with Crippen molar-refractivity contribution in [1.29, 1.82) is 0 Å². The summed E-state index contributed by atoms with van der Waals surface area (Å²) in [6.45, 7) is 9.90. The third-order valence-electron chi connectivity index (χ3n) is 3.71. The molecule has 0 saturated heterocycles. The van der Waals surface area contributed by atoms with Crippen LogP contribution in [-0.2, 0) is 22.5 Å².